The van der Waals surface area contributed by atoms with Crippen molar-refractivity contribution >= 4 is 27.6 Å². The lowest BCUT2D eigenvalue weighted by Crippen LogP contribution is -2.31. The molecule has 0 bridgehead atoms. The van der Waals surface area contributed by atoms with E-state index >= 15 is 0 Å². The van der Waals surface area contributed by atoms with Gasteiger partial charge in [0.05, 0.1) is 12.3 Å². The molecule has 5 nitrogen and oxygen atoms in total. The third-order valence-corrected chi connectivity index (χ3v) is 2.48. The quantitative estimate of drug-likeness (QED) is 0.787. The summed E-state index contributed by atoms with van der Waals surface area (Å²) >= 11 is 3.01. The van der Waals surface area contributed by atoms with Crippen molar-refractivity contribution in [2.24, 2.45) is 0 Å². The van der Waals surface area contributed by atoms with E-state index in [0.717, 1.165) is 12.1 Å². The summed E-state index contributed by atoms with van der Waals surface area (Å²) in [6.45, 7) is -0.147. The van der Waals surface area contributed by atoms with Crippen LogP contribution in [0.25, 0.3) is 0 Å². The smallest absolute Gasteiger partial charge is 0.406 e. The molecule has 0 aliphatic rings. The number of aliphatic hydroxyl groups is 1. The molecular weight excluding hydrogens is 333 g/mol. The van der Waals surface area contributed by atoms with Gasteiger partial charge in [-0.2, -0.15) is 0 Å². The van der Waals surface area contributed by atoms with E-state index in [4.69, 9.17) is 5.11 Å². The summed E-state index contributed by atoms with van der Waals surface area (Å²) in [6, 6.07) is 2.82. The molecule has 0 unspecified atom stereocenters. The van der Waals surface area contributed by atoms with Crippen LogP contribution in [0.5, 0.6) is 5.75 Å². The number of amides is 2. The van der Waals surface area contributed by atoms with Crippen molar-refractivity contribution in [1.29, 1.82) is 0 Å². The number of ether oxygens (including phenoxy) is 1. The Morgan fingerprint density at radius 2 is 2.11 bits per heavy atom. The molecule has 0 fully saturated rings. The van der Waals surface area contributed by atoms with Crippen molar-refractivity contribution in [2.45, 2.75) is 6.36 Å². The monoisotopic (exact) mass is 342 g/mol. The fraction of sp³-hybridized carbons (Fsp3) is 0.300. The zero-order valence-corrected chi connectivity index (χ0v) is 11.0. The van der Waals surface area contributed by atoms with E-state index < -0.39 is 18.1 Å². The van der Waals surface area contributed by atoms with E-state index in [1.54, 1.807) is 0 Å². The Hall–Kier alpha value is -1.48. The number of halogens is 4. The molecule has 3 N–H and O–H groups in total. The van der Waals surface area contributed by atoms with E-state index in [2.05, 4.69) is 31.3 Å². The first kappa shape index (κ1) is 15.6. The molecule has 0 aliphatic carbocycles. The van der Waals surface area contributed by atoms with Crippen LogP contribution in [0.3, 0.4) is 0 Å². The van der Waals surface area contributed by atoms with Crippen LogP contribution < -0.4 is 15.4 Å². The molecule has 1 aromatic carbocycles. The number of nitrogens with one attached hydrogen (secondary N) is 2. The maximum Gasteiger partial charge on any atom is 0.573 e. The SMILES string of the molecule is O=C(NCCO)Nc1ccc(OC(F)(F)F)cc1Br. The normalized spacial score (nSPS) is 11.0. The van der Waals surface area contributed by atoms with E-state index in [0.29, 0.717) is 0 Å². The Kier molecular flexibility index (Phi) is 5.43. The van der Waals surface area contributed by atoms with Crippen LogP contribution in [0.4, 0.5) is 23.7 Å². The van der Waals surface area contributed by atoms with Gasteiger partial charge < -0.3 is 20.5 Å². The number of carbonyl (C=O) groups excluding carboxylic acids is 1. The second-order valence-electron chi connectivity index (χ2n) is 3.29. The molecule has 0 radical (unpaired) electrons. The first-order chi connectivity index (χ1) is 8.81. The number of urea groups is 1. The third kappa shape index (κ3) is 5.79. The highest BCUT2D eigenvalue weighted by Gasteiger charge is 2.31. The van der Waals surface area contributed by atoms with Gasteiger partial charge in [-0.15, -0.1) is 13.2 Å². The molecule has 0 heterocycles. The van der Waals surface area contributed by atoms with E-state index in [1.165, 1.54) is 6.07 Å². The molecule has 2 amide bonds. The second kappa shape index (κ2) is 6.62. The fourth-order valence-electron chi connectivity index (χ4n) is 1.13. The Bertz CT molecular complexity index is 454. The minimum Gasteiger partial charge on any atom is -0.406 e. The van der Waals surface area contributed by atoms with Crippen molar-refractivity contribution in [3.63, 3.8) is 0 Å². The average Bonchev–Trinajstić information content (AvgIpc) is 2.28. The molecule has 0 aromatic heterocycles. The number of aliphatic hydroxyl groups excluding tert-OH is 1. The van der Waals surface area contributed by atoms with Crippen molar-refractivity contribution in [3.05, 3.63) is 22.7 Å². The van der Waals surface area contributed by atoms with Gasteiger partial charge in [0.1, 0.15) is 5.75 Å². The number of rotatable bonds is 4. The maximum absolute atomic E-state index is 12.0. The minimum absolute atomic E-state index is 0.0682. The van der Waals surface area contributed by atoms with Crippen LogP contribution in [-0.4, -0.2) is 30.7 Å². The zero-order valence-electron chi connectivity index (χ0n) is 9.42. The molecule has 9 heteroatoms. The van der Waals surface area contributed by atoms with Crippen molar-refractivity contribution in [2.75, 3.05) is 18.5 Å². The van der Waals surface area contributed by atoms with Gasteiger partial charge in [0.15, 0.2) is 0 Å². The van der Waals surface area contributed by atoms with Crippen LogP contribution in [-0.2, 0) is 0 Å². The number of hydrogen-bond donors (Lipinski definition) is 3. The number of anilines is 1. The molecule has 0 aliphatic heterocycles. The van der Waals surface area contributed by atoms with Crippen LogP contribution >= 0.6 is 15.9 Å². The summed E-state index contributed by atoms with van der Waals surface area (Å²) in [5, 5.41) is 13.2. The first-order valence-electron chi connectivity index (χ1n) is 5.03. The van der Waals surface area contributed by atoms with Gasteiger partial charge in [-0.25, -0.2) is 4.79 Å². The van der Waals surface area contributed by atoms with Gasteiger partial charge in [-0.1, -0.05) is 0 Å². The predicted molar refractivity (Wildman–Crippen MR) is 64.9 cm³/mol. The highest BCUT2D eigenvalue weighted by atomic mass is 79.9. The Morgan fingerprint density at radius 1 is 1.42 bits per heavy atom. The number of alkyl halides is 3. The molecule has 0 spiro atoms. The van der Waals surface area contributed by atoms with Crippen molar-refractivity contribution in [1.82, 2.24) is 5.32 Å². The Morgan fingerprint density at radius 3 is 2.63 bits per heavy atom. The zero-order chi connectivity index (χ0) is 14.5. The average molecular weight is 343 g/mol. The van der Waals surface area contributed by atoms with Gasteiger partial charge in [0.25, 0.3) is 0 Å². The van der Waals surface area contributed by atoms with Gasteiger partial charge in [-0.05, 0) is 34.1 Å². The number of benzene rings is 1. The highest BCUT2D eigenvalue weighted by molar-refractivity contribution is 9.10. The van der Waals surface area contributed by atoms with Crippen LogP contribution in [0, 0.1) is 0 Å². The standard InChI is InChI=1S/C10H10BrF3N2O3/c11-7-5-6(19-10(12,13)14)1-2-8(7)16-9(18)15-3-4-17/h1-2,5,17H,3-4H2,(H2,15,16,18). The lowest BCUT2D eigenvalue weighted by molar-refractivity contribution is -0.274. The lowest BCUT2D eigenvalue weighted by Gasteiger charge is -2.12. The van der Waals surface area contributed by atoms with E-state index in [9.17, 15) is 18.0 Å². The predicted octanol–water partition coefficient (Wildman–Crippen LogP) is 2.46. The number of carbonyl (C=O) groups is 1. The molecule has 1 aromatic rings. The Labute approximate surface area is 114 Å². The largest absolute Gasteiger partial charge is 0.573 e. The van der Waals surface area contributed by atoms with Gasteiger partial charge in [-0.3, -0.25) is 0 Å². The second-order valence-corrected chi connectivity index (χ2v) is 4.15. The molecular formula is C10H10BrF3N2O3. The summed E-state index contributed by atoms with van der Waals surface area (Å²) < 4.78 is 39.9. The topological polar surface area (TPSA) is 70.6 Å². The molecule has 106 valence electrons. The van der Waals surface area contributed by atoms with Gasteiger partial charge in [0.2, 0.25) is 0 Å². The van der Waals surface area contributed by atoms with Crippen LogP contribution in [0.2, 0.25) is 0 Å². The summed E-state index contributed by atoms with van der Waals surface area (Å²) in [5.41, 5.74) is 0.268. The highest BCUT2D eigenvalue weighted by Crippen LogP contribution is 2.30. The molecule has 1 rings (SSSR count). The Balaban J connectivity index is 2.69. The maximum atomic E-state index is 12.0. The van der Waals surface area contributed by atoms with Gasteiger partial charge in [0, 0.05) is 11.0 Å². The number of hydrogen-bond acceptors (Lipinski definition) is 3. The molecule has 0 saturated heterocycles. The summed E-state index contributed by atoms with van der Waals surface area (Å²) in [5.74, 6) is -0.402. The van der Waals surface area contributed by atoms with Crippen molar-refractivity contribution in [3.8, 4) is 5.75 Å². The lowest BCUT2D eigenvalue weighted by atomic mass is 10.3. The van der Waals surface area contributed by atoms with Gasteiger partial charge >= 0.3 is 12.4 Å². The third-order valence-electron chi connectivity index (χ3n) is 1.82. The van der Waals surface area contributed by atoms with Crippen LogP contribution in [0.1, 0.15) is 0 Å². The summed E-state index contributed by atoms with van der Waals surface area (Å²) in [4.78, 5) is 11.3. The van der Waals surface area contributed by atoms with Crippen LogP contribution in [0.15, 0.2) is 22.7 Å². The fourth-order valence-corrected chi connectivity index (χ4v) is 1.59. The van der Waals surface area contributed by atoms with E-state index in [-0.39, 0.29) is 23.3 Å². The summed E-state index contributed by atoms with van der Waals surface area (Å²) in [7, 11) is 0. The van der Waals surface area contributed by atoms with E-state index in [1.807, 2.05) is 0 Å². The molecule has 19 heavy (non-hydrogen) atoms. The molecule has 0 saturated carbocycles. The minimum atomic E-state index is -4.77. The summed E-state index contributed by atoms with van der Waals surface area (Å²) in [6.07, 6.45) is -4.77. The molecule has 0 atom stereocenters. The first-order valence-corrected chi connectivity index (χ1v) is 5.82. The van der Waals surface area contributed by atoms with Crippen molar-refractivity contribution < 1.29 is 27.8 Å².